The molecular weight excluding hydrogens is 220 g/mol. The molecule has 0 saturated carbocycles. The average molecular weight is 237 g/mol. The lowest BCUT2D eigenvalue weighted by Crippen LogP contribution is -2.34. The van der Waals surface area contributed by atoms with Gasteiger partial charge in [-0.2, -0.15) is 0 Å². The number of hydrogen-bond donors (Lipinski definition) is 0. The molecule has 5 nitrogen and oxygen atoms in total. The number of carbonyl (C=O) groups is 1. The average Bonchev–Trinajstić information content (AvgIpc) is 2.25. The molecule has 0 radical (unpaired) electrons. The summed E-state index contributed by atoms with van der Waals surface area (Å²) in [7, 11) is 0. The number of hydroxylamine groups is 2. The minimum Gasteiger partial charge on any atom is -0.754 e. The quantitative estimate of drug-likeness (QED) is 0.757. The molecule has 0 fully saturated rings. The first kappa shape index (κ1) is 13.4. The van der Waals surface area contributed by atoms with Gasteiger partial charge in [0.15, 0.2) is 0 Å². The first-order chi connectivity index (χ1) is 7.88. The van der Waals surface area contributed by atoms with Crippen molar-refractivity contribution in [1.29, 1.82) is 0 Å². The lowest BCUT2D eigenvalue weighted by molar-refractivity contribution is 0.0337. The van der Waals surface area contributed by atoms with Gasteiger partial charge in [-0.1, -0.05) is 0 Å². The Bertz CT molecular complexity index is 360. The lowest BCUT2D eigenvalue weighted by atomic mass is 10.2. The molecule has 0 spiro atoms. The van der Waals surface area contributed by atoms with Gasteiger partial charge in [-0.25, -0.2) is 4.79 Å². The van der Waals surface area contributed by atoms with Gasteiger partial charge in [0.1, 0.15) is 5.60 Å². The molecule has 0 unspecified atom stereocenters. The van der Waals surface area contributed by atoms with Crippen LogP contribution in [0.5, 0.6) is 0 Å². The monoisotopic (exact) mass is 237 g/mol. The Labute approximate surface area is 101 Å². The molecule has 0 N–H and O–H groups in total. The SMILES string of the molecule is CC(C)(C)OC(=O)N([O-])CCc1ccncc1. The summed E-state index contributed by atoms with van der Waals surface area (Å²) in [4.78, 5) is 15.2. The molecule has 0 aliphatic heterocycles. The topological polar surface area (TPSA) is 65.5 Å². The zero-order valence-corrected chi connectivity index (χ0v) is 10.3. The molecule has 0 bridgehead atoms. The summed E-state index contributed by atoms with van der Waals surface area (Å²) >= 11 is 0. The van der Waals surface area contributed by atoms with Crippen LogP contribution in [0.2, 0.25) is 0 Å². The molecule has 0 saturated heterocycles. The molecular formula is C12H17N2O3-. The smallest absolute Gasteiger partial charge is 0.399 e. The van der Waals surface area contributed by atoms with Gasteiger partial charge in [0.2, 0.25) is 0 Å². The van der Waals surface area contributed by atoms with Gasteiger partial charge in [-0.3, -0.25) is 4.98 Å². The molecule has 1 rings (SSSR count). The summed E-state index contributed by atoms with van der Waals surface area (Å²) in [6.07, 6.45) is 2.95. The molecule has 0 aromatic carbocycles. The van der Waals surface area contributed by atoms with Gasteiger partial charge < -0.3 is 15.0 Å². The first-order valence-electron chi connectivity index (χ1n) is 5.45. The number of nitrogens with zero attached hydrogens (tertiary/aromatic N) is 2. The van der Waals surface area contributed by atoms with E-state index in [1.54, 1.807) is 33.2 Å². The molecule has 1 aromatic heterocycles. The number of rotatable bonds is 3. The Kier molecular flexibility index (Phi) is 4.45. The third-order valence-corrected chi connectivity index (χ3v) is 1.95. The van der Waals surface area contributed by atoms with Crippen LogP contribution in [0.15, 0.2) is 24.5 Å². The molecule has 1 heterocycles. The number of aromatic nitrogens is 1. The van der Waals surface area contributed by atoms with Crippen molar-refractivity contribution in [2.24, 2.45) is 0 Å². The maximum absolute atomic E-state index is 11.4. The van der Waals surface area contributed by atoms with Gasteiger partial charge >= 0.3 is 6.09 Å². The van der Waals surface area contributed by atoms with Crippen LogP contribution in [0.25, 0.3) is 0 Å². The second kappa shape index (κ2) is 5.63. The molecule has 5 heteroatoms. The van der Waals surface area contributed by atoms with Gasteiger partial charge in [0.05, 0.1) is 0 Å². The summed E-state index contributed by atoms with van der Waals surface area (Å²) in [6.45, 7) is 5.25. The van der Waals surface area contributed by atoms with E-state index in [0.717, 1.165) is 5.56 Å². The van der Waals surface area contributed by atoms with E-state index >= 15 is 0 Å². The van der Waals surface area contributed by atoms with Crippen molar-refractivity contribution in [3.05, 3.63) is 35.3 Å². The standard InChI is InChI=1S/C12H17N2O3/c1-12(2,3)17-11(15)14(16)9-6-10-4-7-13-8-5-10/h4-5,7-8H,6,9H2,1-3H3/q-1. The fourth-order valence-corrected chi connectivity index (χ4v) is 1.18. The van der Waals surface area contributed by atoms with Crippen molar-refractivity contribution in [2.45, 2.75) is 32.8 Å². The lowest BCUT2D eigenvalue weighted by Gasteiger charge is -2.31. The normalized spacial score (nSPS) is 11.1. The van der Waals surface area contributed by atoms with E-state index in [-0.39, 0.29) is 6.54 Å². The summed E-state index contributed by atoms with van der Waals surface area (Å²) in [5.41, 5.74) is 0.320. The van der Waals surface area contributed by atoms with Crippen LogP contribution in [0.4, 0.5) is 4.79 Å². The first-order valence-corrected chi connectivity index (χ1v) is 5.45. The molecule has 0 atom stereocenters. The molecule has 94 valence electrons. The highest BCUT2D eigenvalue weighted by Crippen LogP contribution is 2.09. The van der Waals surface area contributed by atoms with E-state index in [1.807, 2.05) is 12.1 Å². The van der Waals surface area contributed by atoms with E-state index in [4.69, 9.17) is 4.74 Å². The fraction of sp³-hybridized carbons (Fsp3) is 0.500. The third-order valence-electron chi connectivity index (χ3n) is 1.95. The van der Waals surface area contributed by atoms with Gasteiger partial charge in [-0.05, 0) is 44.9 Å². The van der Waals surface area contributed by atoms with Crippen molar-refractivity contribution in [3.8, 4) is 0 Å². The van der Waals surface area contributed by atoms with Crippen LogP contribution < -0.4 is 0 Å². The number of ether oxygens (including phenoxy) is 1. The van der Waals surface area contributed by atoms with Crippen molar-refractivity contribution in [2.75, 3.05) is 6.54 Å². The summed E-state index contributed by atoms with van der Waals surface area (Å²) in [6, 6.07) is 3.62. The summed E-state index contributed by atoms with van der Waals surface area (Å²) in [5.74, 6) is 0. The predicted octanol–water partition coefficient (Wildman–Crippen LogP) is 2.36. The van der Waals surface area contributed by atoms with Crippen LogP contribution in [0.3, 0.4) is 0 Å². The van der Waals surface area contributed by atoms with E-state index < -0.39 is 11.7 Å². The van der Waals surface area contributed by atoms with Gasteiger partial charge in [-0.15, -0.1) is 0 Å². The molecule has 0 aliphatic carbocycles. The number of amides is 1. The van der Waals surface area contributed by atoms with E-state index in [2.05, 4.69) is 4.98 Å². The largest absolute Gasteiger partial charge is 0.754 e. The Morgan fingerprint density at radius 3 is 2.53 bits per heavy atom. The van der Waals surface area contributed by atoms with Crippen molar-refractivity contribution in [3.63, 3.8) is 0 Å². The second-order valence-electron chi connectivity index (χ2n) is 4.69. The third kappa shape index (κ3) is 5.31. The van der Waals surface area contributed by atoms with Gasteiger partial charge in [0.25, 0.3) is 0 Å². The van der Waals surface area contributed by atoms with Crippen LogP contribution in [-0.2, 0) is 11.2 Å². The Balaban J connectivity index is 2.40. The van der Waals surface area contributed by atoms with Crippen LogP contribution in [-0.4, -0.2) is 28.3 Å². The van der Waals surface area contributed by atoms with Gasteiger partial charge in [0, 0.05) is 18.9 Å². The maximum Gasteiger partial charge on any atom is 0.399 e. The van der Waals surface area contributed by atoms with E-state index in [0.29, 0.717) is 11.5 Å². The Morgan fingerprint density at radius 2 is 2.00 bits per heavy atom. The highest BCUT2D eigenvalue weighted by molar-refractivity contribution is 5.68. The Hall–Kier alpha value is -1.62. The van der Waals surface area contributed by atoms with Crippen LogP contribution in [0, 0.1) is 5.21 Å². The molecule has 1 aromatic rings. The molecule has 0 aliphatic rings. The second-order valence-corrected chi connectivity index (χ2v) is 4.69. The molecule has 17 heavy (non-hydrogen) atoms. The zero-order chi connectivity index (χ0) is 12.9. The van der Waals surface area contributed by atoms with Crippen molar-refractivity contribution in [1.82, 2.24) is 10.0 Å². The highest BCUT2D eigenvalue weighted by Gasteiger charge is 2.16. The minimum absolute atomic E-state index is 0.0823. The number of carbonyl (C=O) groups excluding carboxylic acids is 1. The summed E-state index contributed by atoms with van der Waals surface area (Å²) < 4.78 is 4.95. The van der Waals surface area contributed by atoms with Crippen LogP contribution >= 0.6 is 0 Å². The highest BCUT2D eigenvalue weighted by atomic mass is 16.6. The predicted molar refractivity (Wildman–Crippen MR) is 64.2 cm³/mol. The maximum atomic E-state index is 11.4. The van der Waals surface area contributed by atoms with Crippen molar-refractivity contribution >= 4 is 6.09 Å². The Morgan fingerprint density at radius 1 is 1.41 bits per heavy atom. The van der Waals surface area contributed by atoms with E-state index in [1.165, 1.54) is 0 Å². The molecule has 1 amide bonds. The number of pyridine rings is 1. The zero-order valence-electron chi connectivity index (χ0n) is 10.3. The minimum atomic E-state index is -0.841. The van der Waals surface area contributed by atoms with Crippen LogP contribution in [0.1, 0.15) is 26.3 Å². The van der Waals surface area contributed by atoms with E-state index in [9.17, 15) is 10.0 Å². The fourth-order valence-electron chi connectivity index (χ4n) is 1.18. The van der Waals surface area contributed by atoms with Crippen molar-refractivity contribution < 1.29 is 9.53 Å². The summed E-state index contributed by atoms with van der Waals surface area (Å²) in [5, 5.41) is 11.8. The number of hydrogen-bond acceptors (Lipinski definition) is 4.